The highest BCUT2D eigenvalue weighted by atomic mass is 16.5. The fraction of sp³-hybridized carbons (Fsp3) is 0.231. The van der Waals surface area contributed by atoms with Crippen LogP contribution in [0, 0.1) is 0 Å². The van der Waals surface area contributed by atoms with Crippen LogP contribution >= 0.6 is 0 Å². The van der Waals surface area contributed by atoms with E-state index in [9.17, 15) is 4.79 Å². The second kappa shape index (κ2) is 10.1. The van der Waals surface area contributed by atoms with Gasteiger partial charge in [-0.15, -0.1) is 0 Å². The number of hydrogen-bond acceptors (Lipinski definition) is 5. The van der Waals surface area contributed by atoms with E-state index >= 15 is 0 Å². The summed E-state index contributed by atoms with van der Waals surface area (Å²) in [5.41, 5.74) is 0.809. The van der Waals surface area contributed by atoms with Crippen molar-refractivity contribution in [3.05, 3.63) is 84.4 Å². The number of benzene rings is 3. The third-order valence-electron chi connectivity index (χ3n) is 5.47. The van der Waals surface area contributed by atoms with Crippen LogP contribution in [0.1, 0.15) is 23.9 Å². The number of rotatable bonds is 9. The molecular formula is C26H27N3O4. The van der Waals surface area contributed by atoms with Crippen LogP contribution in [-0.4, -0.2) is 36.3 Å². The van der Waals surface area contributed by atoms with Gasteiger partial charge in [0.2, 0.25) is 5.91 Å². The van der Waals surface area contributed by atoms with E-state index in [2.05, 4.69) is 10.3 Å². The molecule has 1 aromatic heterocycles. The fourth-order valence-corrected chi connectivity index (χ4v) is 3.76. The summed E-state index contributed by atoms with van der Waals surface area (Å²) in [6.07, 6.45) is 3.75. The molecule has 4 rings (SSSR count). The summed E-state index contributed by atoms with van der Waals surface area (Å²) in [5, 5.41) is 5.21. The quantitative estimate of drug-likeness (QED) is 0.417. The van der Waals surface area contributed by atoms with Gasteiger partial charge in [0.25, 0.3) is 0 Å². The summed E-state index contributed by atoms with van der Waals surface area (Å²) in [6, 6.07) is 19.0. The lowest BCUT2D eigenvalue weighted by atomic mass is 10.0. The maximum absolute atomic E-state index is 12.9. The average Bonchev–Trinajstić information content (AvgIpc) is 3.27. The number of aromatic nitrogens is 2. The van der Waals surface area contributed by atoms with Crippen molar-refractivity contribution in [1.29, 1.82) is 0 Å². The molecule has 0 spiro atoms. The van der Waals surface area contributed by atoms with Gasteiger partial charge in [-0.05, 0) is 29.1 Å². The fourth-order valence-electron chi connectivity index (χ4n) is 3.76. The van der Waals surface area contributed by atoms with E-state index in [1.807, 2.05) is 72.4 Å². The second-order valence-electron chi connectivity index (χ2n) is 7.62. The zero-order valence-corrected chi connectivity index (χ0v) is 18.9. The van der Waals surface area contributed by atoms with Crippen molar-refractivity contribution < 1.29 is 19.0 Å². The van der Waals surface area contributed by atoms with E-state index in [4.69, 9.17) is 14.2 Å². The van der Waals surface area contributed by atoms with Gasteiger partial charge < -0.3 is 24.1 Å². The SMILES string of the molecule is COc1cc(OC)cc(C(NC(=O)CCOc2cccc3ccccc23)c2nccn2C)c1. The zero-order valence-electron chi connectivity index (χ0n) is 18.9. The maximum atomic E-state index is 12.9. The standard InChI is InChI=1S/C26H27N3O4/c1-29-13-12-27-26(29)25(19-15-20(31-2)17-21(16-19)32-3)28-24(30)11-14-33-23-10-6-8-18-7-4-5-9-22(18)23/h4-10,12-13,15-17,25H,11,14H2,1-3H3,(H,28,30). The van der Waals surface area contributed by atoms with Crippen molar-refractivity contribution in [1.82, 2.24) is 14.9 Å². The Morgan fingerprint density at radius 3 is 2.45 bits per heavy atom. The van der Waals surface area contributed by atoms with Gasteiger partial charge in [0.1, 0.15) is 29.1 Å². The number of nitrogens with one attached hydrogen (secondary N) is 1. The normalized spacial score (nSPS) is 11.7. The van der Waals surface area contributed by atoms with Gasteiger partial charge in [-0.25, -0.2) is 4.98 Å². The highest BCUT2D eigenvalue weighted by Crippen LogP contribution is 2.30. The minimum absolute atomic E-state index is 0.148. The predicted molar refractivity (Wildman–Crippen MR) is 127 cm³/mol. The maximum Gasteiger partial charge on any atom is 0.224 e. The molecule has 0 saturated carbocycles. The van der Waals surface area contributed by atoms with Gasteiger partial charge in [-0.2, -0.15) is 0 Å². The topological polar surface area (TPSA) is 74.6 Å². The molecule has 0 saturated heterocycles. The lowest BCUT2D eigenvalue weighted by Gasteiger charge is -2.20. The lowest BCUT2D eigenvalue weighted by Crippen LogP contribution is -2.32. The van der Waals surface area contributed by atoms with Crippen LogP contribution in [0.15, 0.2) is 73.1 Å². The lowest BCUT2D eigenvalue weighted by molar-refractivity contribution is -0.122. The number of imidazole rings is 1. The van der Waals surface area contributed by atoms with Crippen molar-refractivity contribution in [2.45, 2.75) is 12.5 Å². The van der Waals surface area contributed by atoms with Crippen molar-refractivity contribution in [3.63, 3.8) is 0 Å². The number of methoxy groups -OCH3 is 2. The molecule has 1 N–H and O–H groups in total. The Bertz CT molecular complexity index is 1220. The van der Waals surface area contributed by atoms with Crippen molar-refractivity contribution in [2.75, 3.05) is 20.8 Å². The Balaban J connectivity index is 1.50. The first-order valence-corrected chi connectivity index (χ1v) is 10.7. The summed E-state index contributed by atoms with van der Waals surface area (Å²) in [5.74, 6) is 2.59. The molecule has 1 unspecified atom stereocenters. The number of ether oxygens (including phenoxy) is 3. The molecule has 0 aliphatic rings. The van der Waals surface area contributed by atoms with Crippen LogP contribution in [0.3, 0.4) is 0 Å². The summed E-state index contributed by atoms with van der Waals surface area (Å²) >= 11 is 0. The molecule has 3 aromatic carbocycles. The van der Waals surface area contributed by atoms with E-state index in [0.29, 0.717) is 17.3 Å². The van der Waals surface area contributed by atoms with Crippen LogP contribution in [0.2, 0.25) is 0 Å². The molecule has 170 valence electrons. The van der Waals surface area contributed by atoms with Crippen LogP contribution in [0.25, 0.3) is 10.8 Å². The molecule has 1 atom stereocenters. The zero-order chi connectivity index (χ0) is 23.2. The Morgan fingerprint density at radius 1 is 1.03 bits per heavy atom. The minimum atomic E-state index is -0.473. The molecule has 33 heavy (non-hydrogen) atoms. The van der Waals surface area contributed by atoms with E-state index < -0.39 is 6.04 Å². The molecule has 0 bridgehead atoms. The first kappa shape index (κ1) is 22.2. The number of amides is 1. The Hall–Kier alpha value is -4.00. The first-order valence-electron chi connectivity index (χ1n) is 10.7. The van der Waals surface area contributed by atoms with Gasteiger partial charge in [0, 0.05) is 30.9 Å². The molecule has 0 radical (unpaired) electrons. The number of aryl methyl sites for hydroxylation is 1. The summed E-state index contributed by atoms with van der Waals surface area (Å²) < 4.78 is 18.6. The molecule has 0 fully saturated rings. The van der Waals surface area contributed by atoms with Gasteiger partial charge >= 0.3 is 0 Å². The molecule has 4 aromatic rings. The number of fused-ring (bicyclic) bond motifs is 1. The first-order chi connectivity index (χ1) is 16.1. The molecule has 7 nitrogen and oxygen atoms in total. The number of carbonyl (C=O) groups excluding carboxylic acids is 1. The van der Waals surface area contributed by atoms with Crippen LogP contribution in [0.4, 0.5) is 0 Å². The number of hydrogen-bond donors (Lipinski definition) is 1. The van der Waals surface area contributed by atoms with E-state index in [1.165, 1.54) is 0 Å². The van der Waals surface area contributed by atoms with E-state index in [0.717, 1.165) is 22.1 Å². The monoisotopic (exact) mass is 445 g/mol. The highest BCUT2D eigenvalue weighted by molar-refractivity contribution is 5.88. The molecule has 0 aliphatic heterocycles. The minimum Gasteiger partial charge on any atom is -0.497 e. The molecule has 0 aliphatic carbocycles. The largest absolute Gasteiger partial charge is 0.497 e. The van der Waals surface area contributed by atoms with Crippen LogP contribution in [0.5, 0.6) is 17.2 Å². The van der Waals surface area contributed by atoms with Crippen LogP contribution < -0.4 is 19.5 Å². The Labute approximate surface area is 192 Å². The van der Waals surface area contributed by atoms with Gasteiger partial charge in [0.05, 0.1) is 27.2 Å². The highest BCUT2D eigenvalue weighted by Gasteiger charge is 2.22. The summed E-state index contributed by atoms with van der Waals surface area (Å²) in [7, 11) is 5.08. The van der Waals surface area contributed by atoms with Crippen LogP contribution in [-0.2, 0) is 11.8 Å². The Kier molecular flexibility index (Phi) is 6.78. The van der Waals surface area contributed by atoms with Gasteiger partial charge in [0.15, 0.2) is 0 Å². The third-order valence-corrected chi connectivity index (χ3v) is 5.47. The Morgan fingerprint density at radius 2 is 1.76 bits per heavy atom. The second-order valence-corrected chi connectivity index (χ2v) is 7.62. The number of nitrogens with zero attached hydrogens (tertiary/aromatic N) is 2. The van der Waals surface area contributed by atoms with Crippen molar-refractivity contribution in [2.24, 2.45) is 7.05 Å². The average molecular weight is 446 g/mol. The number of carbonyl (C=O) groups is 1. The molecule has 1 amide bonds. The smallest absolute Gasteiger partial charge is 0.224 e. The molecular weight excluding hydrogens is 418 g/mol. The predicted octanol–water partition coefficient (Wildman–Crippen LogP) is 4.27. The third kappa shape index (κ3) is 5.09. The molecule has 7 heteroatoms. The van der Waals surface area contributed by atoms with Gasteiger partial charge in [-0.1, -0.05) is 36.4 Å². The van der Waals surface area contributed by atoms with Gasteiger partial charge in [-0.3, -0.25) is 4.79 Å². The van der Waals surface area contributed by atoms with Crippen molar-refractivity contribution in [3.8, 4) is 17.2 Å². The van der Waals surface area contributed by atoms with Crippen molar-refractivity contribution >= 4 is 16.7 Å². The van der Waals surface area contributed by atoms with E-state index in [-0.39, 0.29) is 18.9 Å². The summed E-state index contributed by atoms with van der Waals surface area (Å²) in [6.45, 7) is 0.258. The summed E-state index contributed by atoms with van der Waals surface area (Å²) in [4.78, 5) is 17.4. The molecule has 1 heterocycles. The van der Waals surface area contributed by atoms with E-state index in [1.54, 1.807) is 26.5 Å².